The van der Waals surface area contributed by atoms with Crippen LogP contribution >= 0.6 is 0 Å². The topological polar surface area (TPSA) is 133 Å². The molecule has 0 rings (SSSR count). The lowest BCUT2D eigenvalue weighted by atomic mass is 10.1. The van der Waals surface area contributed by atoms with Crippen molar-refractivity contribution in [2.45, 2.75) is 78.6 Å². The lowest BCUT2D eigenvalue weighted by molar-refractivity contribution is -0.148. The van der Waals surface area contributed by atoms with E-state index in [4.69, 9.17) is 4.74 Å². The van der Waals surface area contributed by atoms with E-state index in [-0.39, 0.29) is 55.3 Å². The molecule has 0 fully saturated rings. The van der Waals surface area contributed by atoms with Crippen LogP contribution < -0.4 is 5.32 Å². The van der Waals surface area contributed by atoms with Gasteiger partial charge in [-0.3, -0.25) is 28.8 Å². The number of likely N-dealkylation sites (N-methyl/N-ethyl adjacent to an activating group) is 1. The Kier molecular flexibility index (Phi) is 19.5. The maximum Gasteiger partial charge on any atom is 0.306 e. The Morgan fingerprint density at radius 1 is 0.600 bits per heavy atom. The fourth-order valence-electron chi connectivity index (χ4n) is 1.89. The Hall–Kier alpha value is -2.58. The van der Waals surface area contributed by atoms with Crippen LogP contribution in [0.15, 0.2) is 0 Å². The summed E-state index contributed by atoms with van der Waals surface area (Å²) in [5.41, 5.74) is 0. The van der Waals surface area contributed by atoms with E-state index in [0.29, 0.717) is 44.9 Å². The zero-order chi connectivity index (χ0) is 23.4. The quantitative estimate of drug-likeness (QED) is 0.391. The average Bonchev–Trinajstić information content (AvgIpc) is 2.75. The van der Waals surface area contributed by atoms with Gasteiger partial charge in [-0.2, -0.15) is 0 Å². The first-order chi connectivity index (χ1) is 14.2. The van der Waals surface area contributed by atoms with Gasteiger partial charge in [0.2, 0.25) is 0 Å². The summed E-state index contributed by atoms with van der Waals surface area (Å²) >= 11 is 0. The molecule has 0 heterocycles. The van der Waals surface area contributed by atoms with Crippen LogP contribution in [0.5, 0.6) is 0 Å². The summed E-state index contributed by atoms with van der Waals surface area (Å²) in [4.78, 5) is 65.6. The molecule has 0 atom stereocenters. The standard InChI is InChI=1S/C15H24O5.C6H11NO3/c1-3-12(16)7-5-9-14(18)11-20-15(19)10-6-8-13(17)4-2;1-3-6(9)10-4-5(8)7-2/h3-11H2,1-2H3;3-4H2,1-2H3,(H,7,8). The number of hydrogen-bond acceptors (Lipinski definition) is 8. The molecule has 0 saturated heterocycles. The molecular formula is C21H35NO8. The minimum absolute atomic E-state index is 0.120. The highest BCUT2D eigenvalue weighted by Crippen LogP contribution is 2.03. The summed E-state index contributed by atoms with van der Waals surface area (Å²) < 4.78 is 9.31. The van der Waals surface area contributed by atoms with Crippen molar-refractivity contribution in [2.75, 3.05) is 20.3 Å². The molecule has 0 spiro atoms. The van der Waals surface area contributed by atoms with E-state index in [1.807, 2.05) is 0 Å². The average molecular weight is 430 g/mol. The molecule has 0 aromatic carbocycles. The molecule has 0 aromatic heterocycles. The maximum atomic E-state index is 11.4. The number of hydrogen-bond donors (Lipinski definition) is 1. The number of ether oxygens (including phenoxy) is 2. The van der Waals surface area contributed by atoms with Crippen molar-refractivity contribution in [1.29, 1.82) is 0 Å². The fraction of sp³-hybridized carbons (Fsp3) is 0.714. The number of carbonyl (C=O) groups excluding carboxylic acids is 6. The van der Waals surface area contributed by atoms with E-state index in [9.17, 15) is 28.8 Å². The predicted molar refractivity (Wildman–Crippen MR) is 110 cm³/mol. The monoisotopic (exact) mass is 429 g/mol. The summed E-state index contributed by atoms with van der Waals surface area (Å²) in [5.74, 6) is -1.02. The van der Waals surface area contributed by atoms with Crippen molar-refractivity contribution in [3.8, 4) is 0 Å². The third-order valence-electron chi connectivity index (χ3n) is 3.86. The van der Waals surface area contributed by atoms with Gasteiger partial charge in [-0.15, -0.1) is 0 Å². The maximum absolute atomic E-state index is 11.4. The molecule has 1 N–H and O–H groups in total. The summed E-state index contributed by atoms with van der Waals surface area (Å²) in [6.45, 7) is 4.83. The number of ketones is 3. The van der Waals surface area contributed by atoms with Gasteiger partial charge in [0.1, 0.15) is 18.2 Å². The largest absolute Gasteiger partial charge is 0.458 e. The van der Waals surface area contributed by atoms with Gasteiger partial charge in [0.05, 0.1) is 0 Å². The van der Waals surface area contributed by atoms with Gasteiger partial charge in [0, 0.05) is 52.0 Å². The Morgan fingerprint density at radius 2 is 1.07 bits per heavy atom. The summed E-state index contributed by atoms with van der Waals surface area (Å²) in [5, 5.41) is 2.33. The van der Waals surface area contributed by atoms with Crippen LogP contribution in [0, 0.1) is 0 Å². The molecule has 30 heavy (non-hydrogen) atoms. The van der Waals surface area contributed by atoms with E-state index >= 15 is 0 Å². The lowest BCUT2D eigenvalue weighted by Gasteiger charge is -2.04. The minimum Gasteiger partial charge on any atom is -0.458 e. The normalized spacial score (nSPS) is 9.60. The molecule has 1 amide bonds. The number of Topliss-reactive ketones (excluding diaryl/α,β-unsaturated/α-hetero) is 3. The smallest absolute Gasteiger partial charge is 0.306 e. The zero-order valence-corrected chi connectivity index (χ0v) is 18.5. The minimum atomic E-state index is -0.452. The van der Waals surface area contributed by atoms with Gasteiger partial charge in [-0.25, -0.2) is 0 Å². The van der Waals surface area contributed by atoms with E-state index in [2.05, 4.69) is 10.1 Å². The van der Waals surface area contributed by atoms with Gasteiger partial charge >= 0.3 is 11.9 Å². The number of rotatable bonds is 15. The Labute approximate surface area is 178 Å². The summed E-state index contributed by atoms with van der Waals surface area (Å²) in [6, 6.07) is 0. The molecule has 0 aliphatic rings. The van der Waals surface area contributed by atoms with Crippen molar-refractivity contribution in [2.24, 2.45) is 0 Å². The highest BCUT2D eigenvalue weighted by Gasteiger charge is 2.09. The molecule has 9 heteroatoms. The molecule has 172 valence electrons. The molecule has 0 aliphatic heterocycles. The highest BCUT2D eigenvalue weighted by molar-refractivity contribution is 5.84. The van der Waals surface area contributed by atoms with Gasteiger partial charge in [0.15, 0.2) is 12.4 Å². The summed E-state index contributed by atoms with van der Waals surface area (Å²) in [6.07, 6.45) is 3.42. The SMILES string of the molecule is CCC(=O)CCCC(=O)COC(=O)CCCC(=O)CC.CCC(=O)OCC(=O)NC. The van der Waals surface area contributed by atoms with Crippen LogP contribution in [0.4, 0.5) is 0 Å². The molecule has 0 aliphatic carbocycles. The molecule has 9 nitrogen and oxygen atoms in total. The highest BCUT2D eigenvalue weighted by atomic mass is 16.5. The van der Waals surface area contributed by atoms with E-state index in [1.54, 1.807) is 20.8 Å². The molecular weight excluding hydrogens is 394 g/mol. The van der Waals surface area contributed by atoms with Crippen LogP contribution in [0.3, 0.4) is 0 Å². The second-order valence-corrected chi connectivity index (χ2v) is 6.38. The Balaban J connectivity index is 0. The van der Waals surface area contributed by atoms with Crippen molar-refractivity contribution >= 4 is 35.2 Å². The Bertz CT molecular complexity index is 521. The first-order valence-corrected chi connectivity index (χ1v) is 10.3. The van der Waals surface area contributed by atoms with Gasteiger partial charge in [0.25, 0.3) is 5.91 Å². The fourth-order valence-corrected chi connectivity index (χ4v) is 1.89. The second kappa shape index (κ2) is 19.7. The van der Waals surface area contributed by atoms with Crippen molar-refractivity contribution < 1.29 is 38.2 Å². The van der Waals surface area contributed by atoms with E-state index < -0.39 is 5.97 Å². The summed E-state index contributed by atoms with van der Waals surface area (Å²) in [7, 11) is 1.49. The Morgan fingerprint density at radius 3 is 1.53 bits per heavy atom. The number of esters is 2. The van der Waals surface area contributed by atoms with Crippen molar-refractivity contribution in [3.05, 3.63) is 0 Å². The third-order valence-corrected chi connectivity index (χ3v) is 3.86. The first-order valence-electron chi connectivity index (χ1n) is 10.3. The third kappa shape index (κ3) is 20.2. The van der Waals surface area contributed by atoms with Crippen LogP contribution in [0.1, 0.15) is 78.6 Å². The molecule has 0 unspecified atom stereocenters. The number of nitrogens with one attached hydrogen (secondary N) is 1. The van der Waals surface area contributed by atoms with E-state index in [0.717, 1.165) is 0 Å². The van der Waals surface area contributed by atoms with Gasteiger partial charge in [-0.1, -0.05) is 20.8 Å². The van der Waals surface area contributed by atoms with Crippen LogP contribution in [-0.2, 0) is 38.2 Å². The van der Waals surface area contributed by atoms with Crippen molar-refractivity contribution in [1.82, 2.24) is 5.32 Å². The first kappa shape index (κ1) is 29.6. The van der Waals surface area contributed by atoms with E-state index in [1.165, 1.54) is 7.05 Å². The zero-order valence-electron chi connectivity index (χ0n) is 18.5. The van der Waals surface area contributed by atoms with Gasteiger partial charge in [-0.05, 0) is 12.8 Å². The predicted octanol–water partition coefficient (Wildman–Crippen LogP) is 2.08. The van der Waals surface area contributed by atoms with Crippen LogP contribution in [0.2, 0.25) is 0 Å². The van der Waals surface area contributed by atoms with Crippen LogP contribution in [0.25, 0.3) is 0 Å². The molecule has 0 saturated carbocycles. The van der Waals surface area contributed by atoms with Gasteiger partial charge < -0.3 is 14.8 Å². The lowest BCUT2D eigenvalue weighted by Crippen LogP contribution is -2.24. The molecule has 0 bridgehead atoms. The number of carbonyl (C=O) groups is 6. The number of amides is 1. The second-order valence-electron chi connectivity index (χ2n) is 6.38. The molecule has 0 aromatic rings. The van der Waals surface area contributed by atoms with Crippen molar-refractivity contribution in [3.63, 3.8) is 0 Å². The molecule has 0 radical (unpaired) electrons. The van der Waals surface area contributed by atoms with Crippen LogP contribution in [-0.4, -0.2) is 55.5 Å².